The van der Waals surface area contributed by atoms with E-state index in [-0.39, 0.29) is 0 Å². The number of H-pyrrole nitrogens is 2. The molecule has 2 N–H and O–H groups in total. The van der Waals surface area contributed by atoms with Gasteiger partial charge in [-0.3, -0.25) is 9.59 Å². The van der Waals surface area contributed by atoms with E-state index in [0.717, 1.165) is 10.1 Å². The first kappa shape index (κ1) is 8.43. The highest BCUT2D eigenvalue weighted by Gasteiger charge is 2.06. The number of thiophene rings is 1. The van der Waals surface area contributed by atoms with E-state index in [1.165, 1.54) is 11.3 Å². The first-order valence-corrected chi connectivity index (χ1v) is 5.21. The van der Waals surface area contributed by atoms with Crippen LogP contribution in [0.4, 0.5) is 0 Å². The Hall–Kier alpha value is -1.88. The average Bonchev–Trinajstić information content (AvgIpc) is 2.57. The molecule has 0 saturated heterocycles. The quantitative estimate of drug-likeness (QED) is 0.560. The van der Waals surface area contributed by atoms with Crippen molar-refractivity contribution in [3.05, 3.63) is 45.0 Å². The Morgan fingerprint density at radius 1 is 1.00 bits per heavy atom. The van der Waals surface area contributed by atoms with Crippen LogP contribution in [0.25, 0.3) is 20.4 Å². The van der Waals surface area contributed by atoms with Crippen molar-refractivity contribution in [1.29, 1.82) is 0 Å². The van der Waals surface area contributed by atoms with E-state index >= 15 is 0 Å². The van der Waals surface area contributed by atoms with Crippen LogP contribution in [0.2, 0.25) is 0 Å². The van der Waals surface area contributed by atoms with Gasteiger partial charge in [0.05, 0.1) is 5.52 Å². The molecule has 74 valence electrons. The lowest BCUT2D eigenvalue weighted by Gasteiger charge is -1.89. The summed E-state index contributed by atoms with van der Waals surface area (Å²) in [7, 11) is 0. The number of aromatic nitrogens is 2. The minimum absolute atomic E-state index is 0.603. The second-order valence-corrected chi connectivity index (χ2v) is 4.26. The fourth-order valence-electron chi connectivity index (χ4n) is 1.59. The largest absolute Gasteiger partial charge is 0.315 e. The van der Waals surface area contributed by atoms with Crippen molar-refractivity contribution >= 4 is 31.8 Å². The smallest absolute Gasteiger partial charge is 0.314 e. The lowest BCUT2D eigenvalue weighted by atomic mass is 10.2. The summed E-state index contributed by atoms with van der Waals surface area (Å²) in [6.45, 7) is 0. The molecule has 5 heteroatoms. The van der Waals surface area contributed by atoms with Gasteiger partial charge in [-0.2, -0.15) is 0 Å². The zero-order valence-electron chi connectivity index (χ0n) is 7.53. The molecule has 0 aliphatic rings. The molecular weight excluding hydrogens is 212 g/mol. The summed E-state index contributed by atoms with van der Waals surface area (Å²) >= 11 is 1.46. The maximum atomic E-state index is 11.2. The van der Waals surface area contributed by atoms with Gasteiger partial charge < -0.3 is 9.97 Å². The van der Waals surface area contributed by atoms with E-state index in [2.05, 4.69) is 9.97 Å². The molecule has 2 heterocycles. The van der Waals surface area contributed by atoms with Crippen LogP contribution in [-0.2, 0) is 0 Å². The van der Waals surface area contributed by atoms with E-state index in [4.69, 9.17) is 0 Å². The second kappa shape index (κ2) is 2.80. The highest BCUT2D eigenvalue weighted by Crippen LogP contribution is 2.29. The number of aromatic amines is 2. The normalized spacial score (nSPS) is 11.2. The van der Waals surface area contributed by atoms with Crippen LogP contribution in [-0.4, -0.2) is 9.97 Å². The minimum Gasteiger partial charge on any atom is -0.315 e. The van der Waals surface area contributed by atoms with Gasteiger partial charge in [0.25, 0.3) is 0 Å². The van der Waals surface area contributed by atoms with E-state index in [1.54, 1.807) is 0 Å². The highest BCUT2D eigenvalue weighted by atomic mass is 32.1. The number of fused-ring (bicyclic) bond motifs is 3. The molecule has 3 rings (SSSR count). The van der Waals surface area contributed by atoms with Gasteiger partial charge in [0.2, 0.25) is 0 Å². The number of benzene rings is 1. The molecule has 0 aliphatic heterocycles. The molecule has 0 bridgehead atoms. The SMILES string of the molecule is O=c1[nH]c2sc3ccccc3c2[nH]c1=O. The molecule has 0 spiro atoms. The van der Waals surface area contributed by atoms with E-state index in [1.807, 2.05) is 24.3 Å². The van der Waals surface area contributed by atoms with Crippen molar-refractivity contribution in [2.75, 3.05) is 0 Å². The molecule has 0 saturated carbocycles. The molecule has 0 unspecified atom stereocenters. The van der Waals surface area contributed by atoms with Crippen LogP contribution < -0.4 is 11.1 Å². The van der Waals surface area contributed by atoms with E-state index in [0.29, 0.717) is 10.3 Å². The van der Waals surface area contributed by atoms with Gasteiger partial charge in [0.1, 0.15) is 4.83 Å². The average molecular weight is 218 g/mol. The standard InChI is InChI=1S/C10H6N2O2S/c13-8-9(14)12-10-7(11-8)5-3-1-2-4-6(5)15-10/h1-4H,(H,11,13)(H,12,14). The minimum atomic E-state index is -0.606. The predicted molar refractivity (Wildman–Crippen MR) is 60.6 cm³/mol. The fraction of sp³-hybridized carbons (Fsp3) is 0. The molecular formula is C10H6N2O2S. The lowest BCUT2D eigenvalue weighted by molar-refractivity contribution is 1.16. The third-order valence-electron chi connectivity index (χ3n) is 2.27. The van der Waals surface area contributed by atoms with Gasteiger partial charge in [-0.15, -0.1) is 11.3 Å². The Labute approximate surface area is 87.2 Å². The van der Waals surface area contributed by atoms with E-state index < -0.39 is 11.1 Å². The zero-order chi connectivity index (χ0) is 10.4. The summed E-state index contributed by atoms with van der Waals surface area (Å²) in [4.78, 5) is 28.2. The Bertz CT molecular complexity index is 766. The van der Waals surface area contributed by atoms with Gasteiger partial charge in [0, 0.05) is 10.1 Å². The Morgan fingerprint density at radius 3 is 2.60 bits per heavy atom. The first-order valence-electron chi connectivity index (χ1n) is 4.39. The van der Waals surface area contributed by atoms with Crippen LogP contribution in [0.15, 0.2) is 33.9 Å². The third-order valence-corrected chi connectivity index (χ3v) is 3.35. The van der Waals surface area contributed by atoms with Crippen molar-refractivity contribution in [3.63, 3.8) is 0 Å². The van der Waals surface area contributed by atoms with Crippen LogP contribution in [0.1, 0.15) is 0 Å². The maximum Gasteiger partial charge on any atom is 0.314 e. The maximum absolute atomic E-state index is 11.2. The molecule has 4 nitrogen and oxygen atoms in total. The Kier molecular flexibility index (Phi) is 1.58. The molecule has 0 fully saturated rings. The Balaban J connectivity index is 2.67. The molecule has 0 radical (unpaired) electrons. The van der Waals surface area contributed by atoms with Gasteiger partial charge in [-0.25, -0.2) is 0 Å². The summed E-state index contributed by atoms with van der Waals surface area (Å²) < 4.78 is 1.05. The number of rotatable bonds is 0. The van der Waals surface area contributed by atoms with Crippen molar-refractivity contribution in [2.24, 2.45) is 0 Å². The van der Waals surface area contributed by atoms with Gasteiger partial charge in [-0.1, -0.05) is 18.2 Å². The summed E-state index contributed by atoms with van der Waals surface area (Å²) in [5, 5.41) is 0.964. The molecule has 1 aromatic carbocycles. The molecule has 0 amide bonds. The van der Waals surface area contributed by atoms with E-state index in [9.17, 15) is 9.59 Å². The number of hydrogen-bond donors (Lipinski definition) is 2. The highest BCUT2D eigenvalue weighted by molar-refractivity contribution is 7.25. The fourth-order valence-corrected chi connectivity index (χ4v) is 2.64. The van der Waals surface area contributed by atoms with Crippen molar-refractivity contribution in [3.8, 4) is 0 Å². The topological polar surface area (TPSA) is 65.7 Å². The van der Waals surface area contributed by atoms with Gasteiger partial charge in [0.15, 0.2) is 0 Å². The predicted octanol–water partition coefficient (Wildman–Crippen LogP) is 1.43. The third kappa shape index (κ3) is 1.13. The summed E-state index contributed by atoms with van der Waals surface area (Å²) in [6, 6.07) is 7.70. The van der Waals surface area contributed by atoms with Crippen molar-refractivity contribution < 1.29 is 0 Å². The van der Waals surface area contributed by atoms with Crippen LogP contribution in [0.5, 0.6) is 0 Å². The summed E-state index contributed by atoms with van der Waals surface area (Å²) in [5.74, 6) is 0. The summed E-state index contributed by atoms with van der Waals surface area (Å²) in [5.41, 5.74) is -0.500. The van der Waals surface area contributed by atoms with Crippen LogP contribution in [0, 0.1) is 0 Å². The van der Waals surface area contributed by atoms with Crippen LogP contribution >= 0.6 is 11.3 Å². The molecule has 0 atom stereocenters. The van der Waals surface area contributed by atoms with Gasteiger partial charge in [-0.05, 0) is 6.07 Å². The van der Waals surface area contributed by atoms with Crippen molar-refractivity contribution in [2.45, 2.75) is 0 Å². The van der Waals surface area contributed by atoms with Crippen molar-refractivity contribution in [1.82, 2.24) is 9.97 Å². The number of hydrogen-bond acceptors (Lipinski definition) is 3. The van der Waals surface area contributed by atoms with Gasteiger partial charge >= 0.3 is 11.1 Å². The first-order chi connectivity index (χ1) is 7.25. The monoisotopic (exact) mass is 218 g/mol. The molecule has 2 aromatic heterocycles. The van der Waals surface area contributed by atoms with Crippen LogP contribution in [0.3, 0.4) is 0 Å². The lowest BCUT2D eigenvalue weighted by Crippen LogP contribution is -2.28. The molecule has 3 aromatic rings. The zero-order valence-corrected chi connectivity index (χ0v) is 8.35. The summed E-state index contributed by atoms with van der Waals surface area (Å²) in [6.07, 6.45) is 0. The molecule has 15 heavy (non-hydrogen) atoms. The Morgan fingerprint density at radius 2 is 1.73 bits per heavy atom. The number of nitrogens with one attached hydrogen (secondary N) is 2. The molecule has 0 aliphatic carbocycles. The second-order valence-electron chi connectivity index (χ2n) is 3.21.